The monoisotopic (exact) mass is 547 g/mol. The molecule has 0 saturated carbocycles. The predicted octanol–water partition coefficient (Wildman–Crippen LogP) is 2.62. The van der Waals surface area contributed by atoms with Gasteiger partial charge >= 0.3 is 17.6 Å². The van der Waals surface area contributed by atoms with E-state index in [1.165, 1.54) is 19.1 Å². The molecule has 1 aromatic heterocycles. The van der Waals surface area contributed by atoms with E-state index in [0.717, 1.165) is 5.56 Å². The van der Waals surface area contributed by atoms with Crippen LogP contribution >= 0.6 is 0 Å². The van der Waals surface area contributed by atoms with Crippen molar-refractivity contribution in [3.8, 4) is 5.75 Å². The lowest BCUT2D eigenvalue weighted by Crippen LogP contribution is -2.67. The van der Waals surface area contributed by atoms with Crippen molar-refractivity contribution in [1.82, 2.24) is 5.32 Å². The fraction of sp³-hybridized carbons (Fsp3) is 0.571. The van der Waals surface area contributed by atoms with Crippen LogP contribution in [0, 0.1) is 17.8 Å². The molecule has 0 aliphatic carbocycles. The zero-order valence-electron chi connectivity index (χ0n) is 23.5. The van der Waals surface area contributed by atoms with Crippen molar-refractivity contribution in [2.45, 2.75) is 86.0 Å². The van der Waals surface area contributed by atoms with Gasteiger partial charge in [0.15, 0.2) is 6.10 Å². The highest BCUT2D eigenvalue weighted by Gasteiger charge is 2.50. The molecule has 2 N–H and O–H groups in total. The Hall–Kier alpha value is -3.44. The molecule has 11 heteroatoms. The third kappa shape index (κ3) is 7.36. The molecule has 1 amide bonds. The van der Waals surface area contributed by atoms with Crippen LogP contribution in [0.3, 0.4) is 0 Å². The highest BCUT2D eigenvalue weighted by Crippen LogP contribution is 2.31. The van der Waals surface area contributed by atoms with Crippen LogP contribution in [-0.4, -0.2) is 60.2 Å². The van der Waals surface area contributed by atoms with Gasteiger partial charge in [0.2, 0.25) is 12.2 Å². The third-order valence-electron chi connectivity index (χ3n) is 6.07. The number of aryl methyl sites for hydroxylation is 1. The molecular weight excluding hydrogens is 510 g/mol. The Morgan fingerprint density at radius 1 is 1.03 bits per heavy atom. The van der Waals surface area contributed by atoms with E-state index in [2.05, 4.69) is 5.32 Å². The lowest BCUT2D eigenvalue weighted by molar-refractivity contribution is -0.254. The average molecular weight is 548 g/mol. The molecule has 1 saturated heterocycles. The molecule has 1 fully saturated rings. The van der Waals surface area contributed by atoms with Crippen LogP contribution in [0.5, 0.6) is 5.75 Å². The number of hydrogen-bond acceptors (Lipinski definition) is 10. The first kappa shape index (κ1) is 30.1. The second kappa shape index (κ2) is 11.4. The van der Waals surface area contributed by atoms with Crippen molar-refractivity contribution in [3.63, 3.8) is 0 Å². The van der Waals surface area contributed by atoms with Crippen LogP contribution in [0.25, 0.3) is 11.0 Å². The van der Waals surface area contributed by atoms with Gasteiger partial charge < -0.3 is 33.8 Å². The smallest absolute Gasteiger partial charge is 0.336 e. The van der Waals surface area contributed by atoms with Crippen LogP contribution in [0.2, 0.25) is 0 Å². The minimum atomic E-state index is -1.47. The van der Waals surface area contributed by atoms with E-state index in [-0.39, 0.29) is 17.9 Å². The van der Waals surface area contributed by atoms with Crippen molar-refractivity contribution in [2.24, 2.45) is 10.8 Å². The van der Waals surface area contributed by atoms with Gasteiger partial charge in [0.25, 0.3) is 0 Å². The Kier molecular flexibility index (Phi) is 8.76. The minimum absolute atomic E-state index is 0.222. The number of amides is 1. The molecular formula is C28H37NO10. The first-order valence-corrected chi connectivity index (χ1v) is 12.7. The largest absolute Gasteiger partial charge is 0.462 e. The number of nitrogens with one attached hydrogen (secondary N) is 1. The van der Waals surface area contributed by atoms with Crippen molar-refractivity contribution >= 4 is 28.8 Å². The van der Waals surface area contributed by atoms with E-state index in [1.54, 1.807) is 60.6 Å². The molecule has 5 atom stereocenters. The summed E-state index contributed by atoms with van der Waals surface area (Å²) in [6.07, 6.45) is -5.23. The molecule has 0 bridgehead atoms. The molecule has 1 aliphatic heterocycles. The third-order valence-corrected chi connectivity index (χ3v) is 6.07. The van der Waals surface area contributed by atoms with Gasteiger partial charge in [0, 0.05) is 24.4 Å². The Labute approximate surface area is 226 Å². The lowest BCUT2D eigenvalue weighted by Gasteiger charge is -2.44. The van der Waals surface area contributed by atoms with E-state index < -0.39 is 64.9 Å². The Balaban J connectivity index is 1.99. The summed E-state index contributed by atoms with van der Waals surface area (Å²) in [5, 5.41) is 14.5. The zero-order chi connectivity index (χ0) is 29.3. The second-order valence-corrected chi connectivity index (χ2v) is 11.8. The molecule has 1 aliphatic rings. The SMILES string of the molecule is CC(=O)N[C@H]1[C@H](Oc2ccc3c(C)cc(=O)oc3c2)O[C@@H](COC(=O)C(C)(C)C)[C@H](O)[C@H]1OC(=O)C(C)(C)C. The van der Waals surface area contributed by atoms with Crippen molar-refractivity contribution in [1.29, 1.82) is 0 Å². The summed E-state index contributed by atoms with van der Waals surface area (Å²) in [7, 11) is 0. The van der Waals surface area contributed by atoms with Crippen LogP contribution in [0.15, 0.2) is 33.5 Å². The molecule has 0 spiro atoms. The first-order chi connectivity index (χ1) is 18.0. The summed E-state index contributed by atoms with van der Waals surface area (Å²) >= 11 is 0. The molecule has 1 aromatic carbocycles. The van der Waals surface area contributed by atoms with E-state index in [0.29, 0.717) is 5.39 Å². The number of ether oxygens (including phenoxy) is 4. The van der Waals surface area contributed by atoms with Gasteiger partial charge in [-0.2, -0.15) is 0 Å². The van der Waals surface area contributed by atoms with Crippen molar-refractivity contribution in [2.75, 3.05) is 6.61 Å². The molecule has 3 rings (SSSR count). The van der Waals surface area contributed by atoms with Crippen LogP contribution in [-0.2, 0) is 28.6 Å². The maximum Gasteiger partial charge on any atom is 0.336 e. The standard InChI is InChI=1S/C28H37NO10/c1-14-11-20(31)37-18-12-16(9-10-17(14)18)36-24-21(29-15(2)30)23(39-26(34)28(6,7)8)22(32)19(38-24)13-35-25(33)27(3,4)5/h9-12,19,21-24,32H,13H2,1-8H3,(H,29,30)/t19-,21+,22-,23-,24+/m0/s1. The van der Waals surface area contributed by atoms with E-state index in [9.17, 15) is 24.3 Å². The number of aliphatic hydroxyl groups is 1. The van der Waals surface area contributed by atoms with Gasteiger partial charge in [0.05, 0.1) is 10.8 Å². The van der Waals surface area contributed by atoms with E-state index >= 15 is 0 Å². The molecule has 0 unspecified atom stereocenters. The summed E-state index contributed by atoms with van der Waals surface area (Å²) in [5.41, 5.74) is -1.26. The lowest BCUT2D eigenvalue weighted by atomic mass is 9.94. The van der Waals surface area contributed by atoms with E-state index in [4.69, 9.17) is 23.4 Å². The quantitative estimate of drug-likeness (QED) is 0.408. The fourth-order valence-corrected chi connectivity index (χ4v) is 3.87. The van der Waals surface area contributed by atoms with Crippen LogP contribution in [0.4, 0.5) is 0 Å². The van der Waals surface area contributed by atoms with Gasteiger partial charge in [-0.05, 0) is 66.2 Å². The first-order valence-electron chi connectivity index (χ1n) is 12.7. The molecule has 2 aromatic rings. The van der Waals surface area contributed by atoms with E-state index in [1.807, 2.05) is 0 Å². The van der Waals surface area contributed by atoms with Crippen molar-refractivity contribution < 1.29 is 42.9 Å². The highest BCUT2D eigenvalue weighted by molar-refractivity contribution is 5.81. The molecule has 2 heterocycles. The van der Waals surface area contributed by atoms with Crippen molar-refractivity contribution in [3.05, 3.63) is 40.2 Å². The summed E-state index contributed by atoms with van der Waals surface area (Å²) in [5.74, 6) is -1.42. The summed E-state index contributed by atoms with van der Waals surface area (Å²) < 4.78 is 28.4. The van der Waals surface area contributed by atoms with Gasteiger partial charge in [0.1, 0.15) is 36.2 Å². The number of benzene rings is 1. The topological polar surface area (TPSA) is 151 Å². The van der Waals surface area contributed by atoms with Gasteiger partial charge in [-0.25, -0.2) is 4.79 Å². The maximum atomic E-state index is 12.8. The molecule has 39 heavy (non-hydrogen) atoms. The number of carbonyl (C=O) groups excluding carboxylic acids is 3. The Morgan fingerprint density at radius 2 is 1.67 bits per heavy atom. The number of carbonyl (C=O) groups is 3. The average Bonchev–Trinajstić information content (AvgIpc) is 2.79. The summed E-state index contributed by atoms with van der Waals surface area (Å²) in [6.45, 7) is 12.7. The number of rotatable bonds is 6. The molecule has 214 valence electrons. The van der Waals surface area contributed by atoms with Gasteiger partial charge in [-0.3, -0.25) is 14.4 Å². The van der Waals surface area contributed by atoms with Crippen LogP contribution in [0.1, 0.15) is 54.0 Å². The highest BCUT2D eigenvalue weighted by atomic mass is 16.7. The van der Waals surface area contributed by atoms with Gasteiger partial charge in [-0.1, -0.05) is 0 Å². The number of aliphatic hydroxyl groups excluding tert-OH is 1. The number of fused-ring (bicyclic) bond motifs is 1. The summed E-state index contributed by atoms with van der Waals surface area (Å²) in [4.78, 5) is 49.3. The zero-order valence-corrected chi connectivity index (χ0v) is 23.5. The second-order valence-electron chi connectivity index (χ2n) is 11.8. The van der Waals surface area contributed by atoms with Gasteiger partial charge in [-0.15, -0.1) is 0 Å². The molecule has 0 radical (unpaired) electrons. The predicted molar refractivity (Wildman–Crippen MR) is 140 cm³/mol. The number of esters is 2. The Bertz CT molecular complexity index is 1290. The number of hydrogen-bond donors (Lipinski definition) is 2. The normalized spacial score (nSPS) is 23.7. The minimum Gasteiger partial charge on any atom is -0.462 e. The van der Waals surface area contributed by atoms with Crippen LogP contribution < -0.4 is 15.7 Å². The molecule has 11 nitrogen and oxygen atoms in total. The maximum absolute atomic E-state index is 12.8. The fourth-order valence-electron chi connectivity index (χ4n) is 3.87. The summed E-state index contributed by atoms with van der Waals surface area (Å²) in [6, 6.07) is 5.05. The Morgan fingerprint density at radius 3 is 2.26 bits per heavy atom.